The third-order valence-corrected chi connectivity index (χ3v) is 2.69. The topological polar surface area (TPSA) is 46.2 Å². The van der Waals surface area contributed by atoms with E-state index in [-0.39, 0.29) is 6.04 Å². The fourth-order valence-corrected chi connectivity index (χ4v) is 1.64. The molecule has 0 aliphatic heterocycles. The van der Waals surface area contributed by atoms with E-state index in [4.69, 9.17) is 5.73 Å². The van der Waals surface area contributed by atoms with Crippen molar-refractivity contribution in [2.75, 3.05) is 6.26 Å². The van der Waals surface area contributed by atoms with Crippen molar-refractivity contribution < 1.29 is 5.11 Å². The normalized spacial score (nSPS) is 17.2. The molecule has 0 aromatic rings. The molecule has 0 aromatic carbocycles. The Morgan fingerprint density at radius 3 is 2.33 bits per heavy atom. The van der Waals surface area contributed by atoms with Crippen LogP contribution in [0.4, 0.5) is 0 Å². The van der Waals surface area contributed by atoms with Gasteiger partial charge >= 0.3 is 0 Å². The lowest BCUT2D eigenvalue weighted by molar-refractivity contribution is 0.427. The number of rotatable bonds is 3. The van der Waals surface area contributed by atoms with Gasteiger partial charge in [0, 0.05) is 10.9 Å². The molecular weight excluding hydrogens is 170 g/mol. The summed E-state index contributed by atoms with van der Waals surface area (Å²) < 4.78 is 0. The smallest absolute Gasteiger partial charge is 0.124 e. The molecule has 0 heterocycles. The molecule has 0 saturated heterocycles. The minimum absolute atomic E-state index is 0.00505. The summed E-state index contributed by atoms with van der Waals surface area (Å²) in [6.07, 6.45) is 3.61. The van der Waals surface area contributed by atoms with Crippen LogP contribution in [0.3, 0.4) is 0 Å². The van der Waals surface area contributed by atoms with E-state index < -0.39 is 0 Å². The van der Waals surface area contributed by atoms with Gasteiger partial charge in [0.25, 0.3) is 0 Å². The average Bonchev–Trinajstić information content (AvgIpc) is 2.05. The zero-order valence-corrected chi connectivity index (χ0v) is 8.90. The van der Waals surface area contributed by atoms with Gasteiger partial charge in [-0.1, -0.05) is 0 Å². The van der Waals surface area contributed by atoms with Gasteiger partial charge in [0.15, 0.2) is 0 Å². The summed E-state index contributed by atoms with van der Waals surface area (Å²) in [7, 11) is 0. The third kappa shape index (κ3) is 2.91. The average molecular weight is 187 g/mol. The highest BCUT2D eigenvalue weighted by molar-refractivity contribution is 8.02. The van der Waals surface area contributed by atoms with Crippen molar-refractivity contribution in [1.29, 1.82) is 0 Å². The highest BCUT2D eigenvalue weighted by Gasteiger charge is 2.08. The second-order valence-corrected chi connectivity index (χ2v) is 3.50. The van der Waals surface area contributed by atoms with E-state index in [1.807, 2.05) is 20.1 Å². The van der Waals surface area contributed by atoms with E-state index in [1.165, 1.54) is 11.8 Å². The van der Waals surface area contributed by atoms with Gasteiger partial charge in [0.2, 0.25) is 0 Å². The van der Waals surface area contributed by atoms with Crippen molar-refractivity contribution in [3.05, 3.63) is 22.3 Å². The van der Waals surface area contributed by atoms with Crippen LogP contribution in [0.25, 0.3) is 0 Å². The molecule has 0 bridgehead atoms. The third-order valence-electron chi connectivity index (χ3n) is 1.75. The maximum absolute atomic E-state index is 9.46. The first kappa shape index (κ1) is 11.6. The van der Waals surface area contributed by atoms with Crippen LogP contribution in [-0.2, 0) is 0 Å². The van der Waals surface area contributed by atoms with Crippen LogP contribution in [0.5, 0.6) is 0 Å². The molecule has 0 radical (unpaired) electrons. The van der Waals surface area contributed by atoms with Crippen molar-refractivity contribution in [3.8, 4) is 0 Å². The lowest BCUT2D eigenvalue weighted by Crippen LogP contribution is -2.17. The minimum atomic E-state index is -0.00505. The molecule has 0 spiro atoms. The van der Waals surface area contributed by atoms with Gasteiger partial charge in [-0.2, -0.15) is 0 Å². The van der Waals surface area contributed by atoms with Crippen molar-refractivity contribution >= 4 is 11.8 Å². The van der Waals surface area contributed by atoms with Crippen LogP contribution in [0, 0.1) is 0 Å². The predicted octanol–water partition coefficient (Wildman–Crippen LogP) is 2.43. The summed E-state index contributed by atoms with van der Waals surface area (Å²) in [6, 6.07) is -0.00505. The monoisotopic (exact) mass is 187 g/mol. The van der Waals surface area contributed by atoms with Gasteiger partial charge in [-0.3, -0.25) is 0 Å². The molecule has 0 aromatic heterocycles. The standard InChI is InChI=1S/C9H17NOS/c1-5-8(11)9(12-4)6(2)7(3)10/h5,7,11H,10H2,1-4H3/b8-5+,9-6+/t7-/m0/s1. The first-order valence-corrected chi connectivity index (χ1v) is 5.13. The van der Waals surface area contributed by atoms with Gasteiger partial charge in [0.05, 0.1) is 0 Å². The van der Waals surface area contributed by atoms with E-state index >= 15 is 0 Å². The van der Waals surface area contributed by atoms with Gasteiger partial charge in [-0.15, -0.1) is 11.8 Å². The Labute approximate surface area is 78.5 Å². The van der Waals surface area contributed by atoms with Gasteiger partial charge in [0.1, 0.15) is 5.76 Å². The van der Waals surface area contributed by atoms with Gasteiger partial charge < -0.3 is 10.8 Å². The number of hydrogen-bond acceptors (Lipinski definition) is 3. The summed E-state index contributed by atoms with van der Waals surface area (Å²) in [4.78, 5) is 0.882. The van der Waals surface area contributed by atoms with Gasteiger partial charge in [-0.05, 0) is 38.7 Å². The maximum Gasteiger partial charge on any atom is 0.124 e. The number of aliphatic hydroxyl groups is 1. The first-order chi connectivity index (χ1) is 5.54. The van der Waals surface area contributed by atoms with Crippen molar-refractivity contribution in [3.63, 3.8) is 0 Å². The van der Waals surface area contributed by atoms with E-state index in [2.05, 4.69) is 0 Å². The van der Waals surface area contributed by atoms with Crippen molar-refractivity contribution in [2.45, 2.75) is 26.8 Å². The quantitative estimate of drug-likeness (QED) is 0.527. The minimum Gasteiger partial charge on any atom is -0.507 e. The highest BCUT2D eigenvalue weighted by Crippen LogP contribution is 2.24. The van der Waals surface area contributed by atoms with Crippen LogP contribution in [-0.4, -0.2) is 17.4 Å². The molecule has 3 N–H and O–H groups in total. The van der Waals surface area contributed by atoms with Crippen LogP contribution in [0.2, 0.25) is 0 Å². The number of hydrogen-bond donors (Lipinski definition) is 2. The Balaban J connectivity index is 4.86. The SMILES string of the molecule is C/C=C(O)\C(SC)=C(\C)[C@H](C)N. The Hall–Kier alpha value is -0.410. The molecular formula is C9H17NOS. The molecule has 0 fully saturated rings. The van der Waals surface area contributed by atoms with E-state index in [9.17, 15) is 5.11 Å². The van der Waals surface area contributed by atoms with Crippen LogP contribution in [0.1, 0.15) is 20.8 Å². The molecule has 1 atom stereocenters. The Kier molecular flexibility index (Phi) is 5.09. The fourth-order valence-electron chi connectivity index (χ4n) is 0.805. The largest absolute Gasteiger partial charge is 0.507 e. The molecule has 3 heteroatoms. The zero-order valence-electron chi connectivity index (χ0n) is 8.09. The Morgan fingerprint density at radius 1 is 1.58 bits per heavy atom. The number of aliphatic hydroxyl groups excluding tert-OH is 1. The zero-order chi connectivity index (χ0) is 9.72. The van der Waals surface area contributed by atoms with Crippen molar-refractivity contribution in [2.24, 2.45) is 5.73 Å². The van der Waals surface area contributed by atoms with E-state index in [0.717, 1.165) is 10.5 Å². The Morgan fingerprint density at radius 2 is 2.08 bits per heavy atom. The molecule has 12 heavy (non-hydrogen) atoms. The molecule has 0 rings (SSSR count). The summed E-state index contributed by atoms with van der Waals surface area (Å²) >= 11 is 1.52. The van der Waals surface area contributed by atoms with Crippen LogP contribution < -0.4 is 5.73 Å². The summed E-state index contributed by atoms with van der Waals surface area (Å²) in [5.41, 5.74) is 6.72. The van der Waals surface area contributed by atoms with Crippen LogP contribution in [0.15, 0.2) is 22.3 Å². The summed E-state index contributed by atoms with van der Waals surface area (Å²) in [6.45, 7) is 5.66. The molecule has 0 aliphatic rings. The second-order valence-electron chi connectivity index (χ2n) is 2.68. The predicted molar refractivity (Wildman–Crippen MR) is 56.3 cm³/mol. The molecule has 0 saturated carbocycles. The fraction of sp³-hybridized carbons (Fsp3) is 0.556. The van der Waals surface area contributed by atoms with E-state index in [1.54, 1.807) is 13.0 Å². The Bertz CT molecular complexity index is 207. The lowest BCUT2D eigenvalue weighted by atomic mass is 10.1. The molecule has 0 aliphatic carbocycles. The molecule has 70 valence electrons. The summed E-state index contributed by atoms with van der Waals surface area (Å²) in [5, 5.41) is 9.46. The first-order valence-electron chi connectivity index (χ1n) is 3.90. The summed E-state index contributed by atoms with van der Waals surface area (Å²) in [5.74, 6) is 0.317. The molecule has 2 nitrogen and oxygen atoms in total. The lowest BCUT2D eigenvalue weighted by Gasteiger charge is -2.11. The van der Waals surface area contributed by atoms with Gasteiger partial charge in [-0.25, -0.2) is 0 Å². The number of nitrogens with two attached hydrogens (primary N) is 1. The number of thioether (sulfide) groups is 1. The maximum atomic E-state index is 9.46. The van der Waals surface area contributed by atoms with Crippen LogP contribution >= 0.6 is 11.8 Å². The van der Waals surface area contributed by atoms with E-state index in [0.29, 0.717) is 5.76 Å². The molecule has 0 unspecified atom stereocenters. The number of allylic oxidation sites excluding steroid dienone is 1. The van der Waals surface area contributed by atoms with Crippen molar-refractivity contribution in [1.82, 2.24) is 0 Å². The second kappa shape index (κ2) is 5.27. The highest BCUT2D eigenvalue weighted by atomic mass is 32.2. The molecule has 0 amide bonds.